The van der Waals surface area contributed by atoms with E-state index >= 15 is 0 Å². The van der Waals surface area contributed by atoms with E-state index in [-0.39, 0.29) is 0 Å². The predicted octanol–water partition coefficient (Wildman–Crippen LogP) is 4.60. The third kappa shape index (κ3) is 1.33. The molecule has 0 heterocycles. The third-order valence-electron chi connectivity index (χ3n) is 5.15. The smallest absolute Gasteiger partial charge is 0.0266 e. The van der Waals surface area contributed by atoms with Gasteiger partial charge in [-0.3, -0.25) is 0 Å². The second-order valence-corrected chi connectivity index (χ2v) is 6.98. The van der Waals surface area contributed by atoms with Gasteiger partial charge in [-0.15, -0.1) is 0 Å². The van der Waals surface area contributed by atoms with Crippen LogP contribution < -0.4 is 0 Å². The lowest BCUT2D eigenvalue weighted by Gasteiger charge is -2.68. The summed E-state index contributed by atoms with van der Waals surface area (Å²) in [7, 11) is 0. The van der Waals surface area contributed by atoms with Crippen molar-refractivity contribution in [2.45, 2.75) is 55.4 Å². The topological polar surface area (TPSA) is 0 Å². The summed E-state index contributed by atoms with van der Waals surface area (Å²) in [6.07, 6.45) is 0. The lowest BCUT2D eigenvalue weighted by Crippen LogP contribution is -2.63. The average Bonchev–Trinajstić information content (AvgIpc) is 1.97. The van der Waals surface area contributed by atoms with Crippen molar-refractivity contribution in [3.8, 4) is 0 Å². The molecule has 1 saturated carbocycles. The van der Waals surface area contributed by atoms with Crippen LogP contribution in [0.1, 0.15) is 55.4 Å². The molecule has 0 N–H and O–H groups in total. The summed E-state index contributed by atoms with van der Waals surface area (Å²) in [5.74, 6) is 3.45. The fraction of sp³-hybridized carbons (Fsp3) is 1.00. The Hall–Kier alpha value is 0. The van der Waals surface area contributed by atoms with Gasteiger partial charge in [0.15, 0.2) is 0 Å². The largest absolute Gasteiger partial charge is 0.0625 e. The van der Waals surface area contributed by atoms with Crippen molar-refractivity contribution in [1.82, 2.24) is 0 Å². The van der Waals surface area contributed by atoms with Crippen molar-refractivity contribution in [3.63, 3.8) is 0 Å². The normalized spacial score (nSPS) is 34.7. The zero-order valence-electron chi connectivity index (χ0n) is 11.3. The van der Waals surface area contributed by atoms with Crippen LogP contribution in [-0.4, -0.2) is 0 Å². The van der Waals surface area contributed by atoms with Crippen LogP contribution in [-0.2, 0) is 0 Å². The highest BCUT2D eigenvalue weighted by atomic mass is 14.7. The van der Waals surface area contributed by atoms with Crippen molar-refractivity contribution < 1.29 is 0 Å². The van der Waals surface area contributed by atoms with Crippen LogP contribution >= 0.6 is 0 Å². The SMILES string of the molecule is CC(C)C1C(C(C)C)C(C)(C)C1(C)C. The van der Waals surface area contributed by atoms with Crippen molar-refractivity contribution in [1.29, 1.82) is 0 Å². The minimum absolute atomic E-state index is 0.510. The van der Waals surface area contributed by atoms with Crippen molar-refractivity contribution in [3.05, 3.63) is 0 Å². The fourth-order valence-corrected chi connectivity index (χ4v) is 4.16. The molecule has 0 aromatic carbocycles. The highest BCUT2D eigenvalue weighted by Crippen LogP contribution is 2.68. The van der Waals surface area contributed by atoms with E-state index in [4.69, 9.17) is 0 Å². The van der Waals surface area contributed by atoms with Gasteiger partial charge in [-0.2, -0.15) is 0 Å². The molecule has 0 nitrogen and oxygen atoms in total. The molecule has 1 aliphatic rings. The first-order chi connectivity index (χ1) is 6.14. The molecule has 0 aromatic rings. The Bertz CT molecular complexity index is 184. The molecule has 0 heteroatoms. The van der Waals surface area contributed by atoms with Crippen molar-refractivity contribution in [2.75, 3.05) is 0 Å². The molecule has 0 aromatic heterocycles. The van der Waals surface area contributed by atoms with Gasteiger partial charge in [-0.25, -0.2) is 0 Å². The van der Waals surface area contributed by atoms with Gasteiger partial charge < -0.3 is 0 Å². The van der Waals surface area contributed by atoms with Gasteiger partial charge in [0.2, 0.25) is 0 Å². The Labute approximate surface area is 90.5 Å². The molecule has 0 aliphatic heterocycles. The fourth-order valence-electron chi connectivity index (χ4n) is 4.16. The van der Waals surface area contributed by atoms with E-state index in [2.05, 4.69) is 55.4 Å². The first-order valence-electron chi connectivity index (χ1n) is 6.14. The van der Waals surface area contributed by atoms with Gasteiger partial charge in [0, 0.05) is 0 Å². The molecular formula is C14H28. The van der Waals surface area contributed by atoms with Gasteiger partial charge in [0.1, 0.15) is 0 Å². The van der Waals surface area contributed by atoms with Crippen LogP contribution in [0.15, 0.2) is 0 Å². The van der Waals surface area contributed by atoms with E-state index in [1.807, 2.05) is 0 Å². The van der Waals surface area contributed by atoms with E-state index in [0.717, 1.165) is 23.7 Å². The summed E-state index contributed by atoms with van der Waals surface area (Å²) in [5.41, 5.74) is 1.02. The summed E-state index contributed by atoms with van der Waals surface area (Å²) < 4.78 is 0. The van der Waals surface area contributed by atoms with E-state index in [1.54, 1.807) is 0 Å². The molecule has 0 spiro atoms. The molecular weight excluding hydrogens is 168 g/mol. The Balaban J connectivity index is 2.96. The van der Waals surface area contributed by atoms with Crippen LogP contribution in [0.4, 0.5) is 0 Å². The molecule has 0 amide bonds. The lowest BCUT2D eigenvalue weighted by atomic mass is 9.36. The quantitative estimate of drug-likeness (QED) is 0.605. The van der Waals surface area contributed by atoms with Crippen LogP contribution in [0.2, 0.25) is 0 Å². The zero-order chi connectivity index (χ0) is 11.3. The van der Waals surface area contributed by atoms with Crippen LogP contribution in [0, 0.1) is 34.5 Å². The van der Waals surface area contributed by atoms with Crippen LogP contribution in [0.25, 0.3) is 0 Å². The second-order valence-electron chi connectivity index (χ2n) is 6.98. The van der Waals surface area contributed by atoms with Gasteiger partial charge in [-0.1, -0.05) is 55.4 Å². The monoisotopic (exact) mass is 196 g/mol. The molecule has 1 aliphatic carbocycles. The summed E-state index contributed by atoms with van der Waals surface area (Å²) in [4.78, 5) is 0. The standard InChI is InChI=1S/C14H28/c1-9(2)11-12(10(3)4)14(7,8)13(11,5)6/h9-12H,1-8H3. The molecule has 0 bridgehead atoms. The number of hydrogen-bond donors (Lipinski definition) is 0. The van der Waals surface area contributed by atoms with Gasteiger partial charge in [0.05, 0.1) is 0 Å². The number of rotatable bonds is 2. The maximum absolute atomic E-state index is 2.45. The highest BCUT2D eigenvalue weighted by molar-refractivity contribution is 5.10. The minimum atomic E-state index is 0.510. The summed E-state index contributed by atoms with van der Waals surface area (Å²) in [6, 6.07) is 0. The molecule has 2 unspecified atom stereocenters. The molecule has 1 rings (SSSR count). The average molecular weight is 196 g/mol. The molecule has 14 heavy (non-hydrogen) atoms. The molecule has 0 saturated heterocycles. The van der Waals surface area contributed by atoms with Crippen molar-refractivity contribution in [2.24, 2.45) is 34.5 Å². The maximum Gasteiger partial charge on any atom is -0.0266 e. The van der Waals surface area contributed by atoms with Crippen molar-refractivity contribution >= 4 is 0 Å². The lowest BCUT2D eigenvalue weighted by molar-refractivity contribution is -0.203. The molecule has 0 radical (unpaired) electrons. The summed E-state index contributed by atoms with van der Waals surface area (Å²) in [5, 5.41) is 0. The van der Waals surface area contributed by atoms with Crippen LogP contribution in [0.5, 0.6) is 0 Å². The Morgan fingerprint density at radius 1 is 0.643 bits per heavy atom. The summed E-state index contributed by atoms with van der Waals surface area (Å²) >= 11 is 0. The minimum Gasteiger partial charge on any atom is -0.0625 e. The Morgan fingerprint density at radius 3 is 1.00 bits per heavy atom. The predicted molar refractivity (Wildman–Crippen MR) is 64.2 cm³/mol. The van der Waals surface area contributed by atoms with Crippen LogP contribution in [0.3, 0.4) is 0 Å². The first kappa shape index (κ1) is 12.1. The van der Waals surface area contributed by atoms with Gasteiger partial charge in [0.25, 0.3) is 0 Å². The van der Waals surface area contributed by atoms with Gasteiger partial charge in [-0.05, 0) is 34.5 Å². The second kappa shape index (κ2) is 3.25. The van der Waals surface area contributed by atoms with E-state index in [9.17, 15) is 0 Å². The van der Waals surface area contributed by atoms with E-state index in [1.165, 1.54) is 0 Å². The summed E-state index contributed by atoms with van der Waals surface area (Å²) in [6.45, 7) is 19.4. The van der Waals surface area contributed by atoms with E-state index < -0.39 is 0 Å². The zero-order valence-corrected chi connectivity index (χ0v) is 11.3. The number of hydrogen-bond acceptors (Lipinski definition) is 0. The first-order valence-corrected chi connectivity index (χ1v) is 6.14. The van der Waals surface area contributed by atoms with Gasteiger partial charge >= 0.3 is 0 Å². The third-order valence-corrected chi connectivity index (χ3v) is 5.15. The van der Waals surface area contributed by atoms with E-state index in [0.29, 0.717) is 10.8 Å². The maximum atomic E-state index is 2.45. The Morgan fingerprint density at radius 2 is 0.857 bits per heavy atom. The molecule has 2 atom stereocenters. The highest BCUT2D eigenvalue weighted by Gasteiger charge is 2.62. The Kier molecular flexibility index (Phi) is 2.80. The molecule has 84 valence electrons. The molecule has 1 fully saturated rings.